The molecule has 1 saturated heterocycles. The number of nitrogens with zero attached hydrogens (tertiary/aromatic N) is 1. The Morgan fingerprint density at radius 2 is 2.00 bits per heavy atom. The van der Waals surface area contributed by atoms with Gasteiger partial charge in [-0.05, 0) is 19.8 Å². The van der Waals surface area contributed by atoms with Crippen LogP contribution in [0.15, 0.2) is 0 Å². The fourth-order valence-electron chi connectivity index (χ4n) is 2.88. The van der Waals surface area contributed by atoms with E-state index >= 15 is 0 Å². The summed E-state index contributed by atoms with van der Waals surface area (Å²) >= 11 is 0. The molecule has 1 atom stereocenters. The van der Waals surface area contributed by atoms with E-state index in [0.29, 0.717) is 25.9 Å². The highest BCUT2D eigenvalue weighted by molar-refractivity contribution is 5.90. The van der Waals surface area contributed by atoms with Gasteiger partial charge in [0.1, 0.15) is 11.6 Å². The lowest BCUT2D eigenvalue weighted by Gasteiger charge is -2.38. The molecular weight excluding hydrogens is 262 g/mol. The second kappa shape index (κ2) is 5.68. The van der Waals surface area contributed by atoms with Gasteiger partial charge in [0.15, 0.2) is 0 Å². The van der Waals surface area contributed by atoms with Crippen LogP contribution in [0.25, 0.3) is 0 Å². The molecule has 2 rings (SSSR count). The van der Waals surface area contributed by atoms with E-state index in [4.69, 9.17) is 0 Å². The Labute approximate surface area is 117 Å². The van der Waals surface area contributed by atoms with Crippen LogP contribution in [0.2, 0.25) is 0 Å². The Morgan fingerprint density at radius 3 is 2.60 bits per heavy atom. The molecule has 1 aliphatic carbocycles. The number of carbonyl (C=O) groups is 3. The van der Waals surface area contributed by atoms with Gasteiger partial charge >= 0.3 is 12.0 Å². The van der Waals surface area contributed by atoms with Crippen LogP contribution in [0.3, 0.4) is 0 Å². The van der Waals surface area contributed by atoms with E-state index in [2.05, 4.69) is 10.6 Å². The van der Waals surface area contributed by atoms with Gasteiger partial charge in [-0.3, -0.25) is 4.79 Å². The zero-order valence-corrected chi connectivity index (χ0v) is 11.6. The molecule has 0 radical (unpaired) electrons. The Bertz CT molecular complexity index is 418. The van der Waals surface area contributed by atoms with Crippen molar-refractivity contribution in [1.29, 1.82) is 0 Å². The van der Waals surface area contributed by atoms with Crippen LogP contribution in [0, 0.1) is 0 Å². The van der Waals surface area contributed by atoms with Crippen LogP contribution >= 0.6 is 0 Å². The largest absolute Gasteiger partial charge is 0.480 e. The number of piperazine rings is 1. The number of nitrogens with one attached hydrogen (secondary N) is 2. The second-order valence-electron chi connectivity index (χ2n) is 5.54. The number of amides is 3. The molecule has 0 aromatic rings. The Morgan fingerprint density at radius 1 is 1.35 bits per heavy atom. The molecule has 7 nitrogen and oxygen atoms in total. The number of aliphatic carboxylic acids is 1. The highest BCUT2D eigenvalue weighted by atomic mass is 16.4. The molecule has 2 fully saturated rings. The third-order valence-corrected chi connectivity index (χ3v) is 4.22. The van der Waals surface area contributed by atoms with Gasteiger partial charge in [-0.25, -0.2) is 9.59 Å². The Hall–Kier alpha value is -1.79. The van der Waals surface area contributed by atoms with Crippen LogP contribution in [-0.2, 0) is 9.59 Å². The molecule has 0 spiro atoms. The minimum atomic E-state index is -1.18. The van der Waals surface area contributed by atoms with E-state index in [1.54, 1.807) is 6.92 Å². The summed E-state index contributed by atoms with van der Waals surface area (Å²) in [5, 5.41) is 14.8. The maximum absolute atomic E-state index is 12.3. The molecule has 1 aliphatic heterocycles. The molecular formula is C13H21N3O4. The average molecular weight is 283 g/mol. The molecule has 2 aliphatic rings. The van der Waals surface area contributed by atoms with Crippen molar-refractivity contribution in [1.82, 2.24) is 15.5 Å². The van der Waals surface area contributed by atoms with Crippen molar-refractivity contribution in [3.05, 3.63) is 0 Å². The molecule has 0 aromatic heterocycles. The molecule has 0 bridgehead atoms. The number of carboxylic acid groups (broad SMARTS) is 1. The third kappa shape index (κ3) is 2.71. The summed E-state index contributed by atoms with van der Waals surface area (Å²) in [7, 11) is 0. The first-order valence-corrected chi connectivity index (χ1v) is 7.06. The molecule has 3 amide bonds. The van der Waals surface area contributed by atoms with Crippen molar-refractivity contribution in [2.75, 3.05) is 13.1 Å². The molecule has 1 saturated carbocycles. The lowest BCUT2D eigenvalue weighted by molar-refractivity contribution is -0.146. The summed E-state index contributed by atoms with van der Waals surface area (Å²) < 4.78 is 0. The summed E-state index contributed by atoms with van der Waals surface area (Å²) in [6, 6.07) is -1.03. The van der Waals surface area contributed by atoms with Gasteiger partial charge in [-0.15, -0.1) is 0 Å². The fourth-order valence-corrected chi connectivity index (χ4v) is 2.88. The van der Waals surface area contributed by atoms with Gasteiger partial charge < -0.3 is 20.6 Å². The first-order chi connectivity index (χ1) is 9.46. The average Bonchev–Trinajstić information content (AvgIpc) is 2.42. The topological polar surface area (TPSA) is 98.7 Å². The third-order valence-electron chi connectivity index (χ3n) is 4.22. The first kappa shape index (κ1) is 14.6. The van der Waals surface area contributed by atoms with Gasteiger partial charge in [-0.2, -0.15) is 0 Å². The molecule has 3 N–H and O–H groups in total. The standard InChI is InChI=1S/C13H21N3O4/c1-9-10(17)14-7-8-16(9)12(20)15-13(11(18)19)5-3-2-4-6-13/h9H,2-8H2,1H3,(H,14,17)(H,15,20)(H,18,19). The number of rotatable bonds is 2. The number of urea groups is 1. The highest BCUT2D eigenvalue weighted by Gasteiger charge is 2.43. The van der Waals surface area contributed by atoms with Gasteiger partial charge in [0.25, 0.3) is 0 Å². The summed E-state index contributed by atoms with van der Waals surface area (Å²) in [5.74, 6) is -1.20. The molecule has 0 aromatic carbocycles. The molecule has 20 heavy (non-hydrogen) atoms. The number of hydrogen-bond donors (Lipinski definition) is 3. The number of hydrogen-bond acceptors (Lipinski definition) is 3. The number of carbonyl (C=O) groups excluding carboxylic acids is 2. The van der Waals surface area contributed by atoms with E-state index in [0.717, 1.165) is 19.3 Å². The van der Waals surface area contributed by atoms with E-state index in [1.165, 1.54) is 4.90 Å². The second-order valence-corrected chi connectivity index (χ2v) is 5.54. The van der Waals surface area contributed by atoms with Crippen LogP contribution in [0.5, 0.6) is 0 Å². The fraction of sp³-hybridized carbons (Fsp3) is 0.769. The SMILES string of the molecule is CC1C(=O)NCCN1C(=O)NC1(C(=O)O)CCCCC1. The van der Waals surface area contributed by atoms with E-state index in [-0.39, 0.29) is 5.91 Å². The van der Waals surface area contributed by atoms with Gasteiger partial charge in [-0.1, -0.05) is 19.3 Å². The smallest absolute Gasteiger partial charge is 0.329 e. The molecule has 1 unspecified atom stereocenters. The van der Waals surface area contributed by atoms with Gasteiger partial charge in [0.05, 0.1) is 0 Å². The Balaban J connectivity index is 2.08. The maximum Gasteiger partial charge on any atom is 0.329 e. The van der Waals surface area contributed by atoms with Crippen LogP contribution in [0.4, 0.5) is 4.79 Å². The quantitative estimate of drug-likeness (QED) is 0.679. The van der Waals surface area contributed by atoms with E-state index in [1.807, 2.05) is 0 Å². The monoisotopic (exact) mass is 283 g/mol. The molecule has 7 heteroatoms. The van der Waals surface area contributed by atoms with E-state index in [9.17, 15) is 19.5 Å². The zero-order chi connectivity index (χ0) is 14.8. The lowest BCUT2D eigenvalue weighted by Crippen LogP contribution is -2.63. The number of carboxylic acids is 1. The predicted molar refractivity (Wildman–Crippen MR) is 71.2 cm³/mol. The normalized spacial score (nSPS) is 25.8. The predicted octanol–water partition coefficient (Wildman–Crippen LogP) is 0.304. The van der Waals surface area contributed by atoms with Crippen molar-refractivity contribution in [2.45, 2.75) is 50.6 Å². The maximum atomic E-state index is 12.3. The summed E-state index contributed by atoms with van der Waals surface area (Å²) in [6.07, 6.45) is 3.48. The lowest BCUT2D eigenvalue weighted by atomic mass is 9.82. The summed E-state index contributed by atoms with van der Waals surface area (Å²) in [6.45, 7) is 2.44. The summed E-state index contributed by atoms with van der Waals surface area (Å²) in [5.41, 5.74) is -1.18. The highest BCUT2D eigenvalue weighted by Crippen LogP contribution is 2.28. The minimum absolute atomic E-state index is 0.209. The molecule has 1 heterocycles. The summed E-state index contributed by atoms with van der Waals surface area (Å²) in [4.78, 5) is 36.8. The molecule has 112 valence electrons. The minimum Gasteiger partial charge on any atom is -0.480 e. The van der Waals surface area contributed by atoms with Gasteiger partial charge in [0, 0.05) is 13.1 Å². The Kier molecular flexibility index (Phi) is 4.15. The van der Waals surface area contributed by atoms with Crippen LogP contribution in [-0.4, -0.2) is 52.6 Å². The zero-order valence-electron chi connectivity index (χ0n) is 11.6. The van der Waals surface area contributed by atoms with E-state index < -0.39 is 23.6 Å². The van der Waals surface area contributed by atoms with Crippen molar-refractivity contribution >= 4 is 17.9 Å². The van der Waals surface area contributed by atoms with Crippen molar-refractivity contribution in [3.8, 4) is 0 Å². The first-order valence-electron chi connectivity index (χ1n) is 7.06. The van der Waals surface area contributed by atoms with Crippen LogP contribution in [0.1, 0.15) is 39.0 Å². The van der Waals surface area contributed by atoms with Gasteiger partial charge in [0.2, 0.25) is 5.91 Å². The van der Waals surface area contributed by atoms with Crippen LogP contribution < -0.4 is 10.6 Å². The van der Waals surface area contributed by atoms with Crippen molar-refractivity contribution < 1.29 is 19.5 Å². The van der Waals surface area contributed by atoms with Crippen molar-refractivity contribution in [2.24, 2.45) is 0 Å². The van der Waals surface area contributed by atoms with Crippen molar-refractivity contribution in [3.63, 3.8) is 0 Å².